The summed E-state index contributed by atoms with van der Waals surface area (Å²) in [6.45, 7) is 9.33. The van der Waals surface area contributed by atoms with Gasteiger partial charge >= 0.3 is 0 Å². The topological polar surface area (TPSA) is 51.0 Å². The quantitative estimate of drug-likeness (QED) is 0.719. The van der Waals surface area contributed by atoms with E-state index >= 15 is 0 Å². The number of thioether (sulfide) groups is 1. The van der Waals surface area contributed by atoms with Crippen LogP contribution in [-0.4, -0.2) is 44.9 Å². The molecule has 2 aromatic rings. The highest BCUT2D eigenvalue weighted by atomic mass is 32.2. The molecule has 2 rings (SSSR count). The molecule has 1 aromatic carbocycles. The fourth-order valence-electron chi connectivity index (χ4n) is 2.41. The van der Waals surface area contributed by atoms with E-state index in [4.69, 9.17) is 0 Å². The van der Waals surface area contributed by atoms with E-state index in [2.05, 4.69) is 62.2 Å². The minimum Gasteiger partial charge on any atom is -0.345 e. The maximum atomic E-state index is 12.2. The molecule has 0 spiro atoms. The van der Waals surface area contributed by atoms with Crippen LogP contribution in [0.5, 0.6) is 0 Å². The maximum absolute atomic E-state index is 12.2. The van der Waals surface area contributed by atoms with Gasteiger partial charge in [0.1, 0.15) is 6.33 Å². The van der Waals surface area contributed by atoms with Crippen LogP contribution in [0.2, 0.25) is 0 Å². The van der Waals surface area contributed by atoms with Crippen LogP contribution in [0.15, 0.2) is 35.7 Å². The number of rotatable bonds is 7. The minimum atomic E-state index is 0.110. The molecule has 24 heavy (non-hydrogen) atoms. The Labute approximate surface area is 148 Å². The molecule has 0 fully saturated rings. The second-order valence-corrected chi connectivity index (χ2v) is 7.63. The summed E-state index contributed by atoms with van der Waals surface area (Å²) in [5.74, 6) is 1.44. The monoisotopic (exact) mass is 346 g/mol. The lowest BCUT2D eigenvalue weighted by molar-refractivity contribution is -0.127. The first kappa shape index (κ1) is 18.5. The number of nitrogens with zero attached hydrogens (tertiary/aromatic N) is 4. The highest BCUT2D eigenvalue weighted by molar-refractivity contribution is 7.99. The van der Waals surface area contributed by atoms with Gasteiger partial charge in [0, 0.05) is 19.3 Å². The number of carbonyl (C=O) groups is 1. The summed E-state index contributed by atoms with van der Waals surface area (Å²) >= 11 is 1.42. The van der Waals surface area contributed by atoms with Crippen LogP contribution < -0.4 is 0 Å². The van der Waals surface area contributed by atoms with E-state index in [-0.39, 0.29) is 5.91 Å². The van der Waals surface area contributed by atoms with E-state index in [1.807, 2.05) is 11.6 Å². The second kappa shape index (κ2) is 8.33. The average molecular weight is 347 g/mol. The Bertz CT molecular complexity index is 664. The highest BCUT2D eigenvalue weighted by Crippen LogP contribution is 2.22. The van der Waals surface area contributed by atoms with E-state index < -0.39 is 0 Å². The second-order valence-electron chi connectivity index (χ2n) is 6.69. The largest absolute Gasteiger partial charge is 0.345 e. The molecule has 6 heteroatoms. The van der Waals surface area contributed by atoms with E-state index in [0.29, 0.717) is 17.6 Å². The Balaban J connectivity index is 2.04. The summed E-state index contributed by atoms with van der Waals surface area (Å²) in [6, 6.07) is 8.37. The minimum absolute atomic E-state index is 0.110. The summed E-state index contributed by atoms with van der Waals surface area (Å²) in [6.07, 6.45) is 1.69. The van der Waals surface area contributed by atoms with Crippen molar-refractivity contribution in [3.05, 3.63) is 36.2 Å². The molecule has 0 saturated carbocycles. The standard InChI is InChI=1S/C18H26N4OS/c1-13(2)10-21(5)17(23)11-24-18-20-19-12-22(18)16-8-6-15(7-9-16)14(3)4/h6-9,12-14H,10-11H2,1-5H3. The number of amides is 1. The van der Waals surface area contributed by atoms with Crippen LogP contribution in [0.3, 0.4) is 0 Å². The Hall–Kier alpha value is -1.82. The highest BCUT2D eigenvalue weighted by Gasteiger charge is 2.14. The van der Waals surface area contributed by atoms with Gasteiger partial charge in [-0.1, -0.05) is 51.6 Å². The first-order valence-corrected chi connectivity index (χ1v) is 9.24. The van der Waals surface area contributed by atoms with Gasteiger partial charge in [0.25, 0.3) is 0 Å². The fourth-order valence-corrected chi connectivity index (χ4v) is 3.28. The molecule has 1 aromatic heterocycles. The smallest absolute Gasteiger partial charge is 0.232 e. The molecule has 130 valence electrons. The van der Waals surface area contributed by atoms with Crippen molar-refractivity contribution in [1.29, 1.82) is 0 Å². The maximum Gasteiger partial charge on any atom is 0.232 e. The Morgan fingerprint density at radius 3 is 2.46 bits per heavy atom. The molecule has 0 bridgehead atoms. The van der Waals surface area contributed by atoms with Gasteiger partial charge in [-0.3, -0.25) is 9.36 Å². The molecule has 0 unspecified atom stereocenters. The molecule has 0 aliphatic heterocycles. The van der Waals surface area contributed by atoms with Crippen LogP contribution in [0.25, 0.3) is 5.69 Å². The Kier molecular flexibility index (Phi) is 6.43. The van der Waals surface area contributed by atoms with Crippen molar-refractivity contribution in [3.8, 4) is 5.69 Å². The normalized spacial score (nSPS) is 11.3. The number of carbonyl (C=O) groups excluding carboxylic acids is 1. The van der Waals surface area contributed by atoms with Gasteiger partial charge in [0.15, 0.2) is 5.16 Å². The van der Waals surface area contributed by atoms with Crippen LogP contribution in [0.4, 0.5) is 0 Å². The van der Waals surface area contributed by atoms with Gasteiger partial charge in [-0.15, -0.1) is 10.2 Å². The summed E-state index contributed by atoms with van der Waals surface area (Å²) in [7, 11) is 1.85. The predicted octanol–water partition coefficient (Wildman–Crippen LogP) is 3.60. The molecule has 0 saturated heterocycles. The van der Waals surface area contributed by atoms with Crippen LogP contribution in [0, 0.1) is 5.92 Å². The van der Waals surface area contributed by atoms with Crippen molar-refractivity contribution in [3.63, 3.8) is 0 Å². The van der Waals surface area contributed by atoms with Crippen LogP contribution in [0.1, 0.15) is 39.2 Å². The lowest BCUT2D eigenvalue weighted by atomic mass is 10.0. The van der Waals surface area contributed by atoms with Crippen molar-refractivity contribution < 1.29 is 4.79 Å². The molecule has 0 radical (unpaired) electrons. The fraction of sp³-hybridized carbons (Fsp3) is 0.500. The van der Waals surface area contributed by atoms with E-state index in [0.717, 1.165) is 17.4 Å². The zero-order valence-corrected chi connectivity index (χ0v) is 15.9. The number of benzene rings is 1. The van der Waals surface area contributed by atoms with Crippen LogP contribution in [-0.2, 0) is 4.79 Å². The predicted molar refractivity (Wildman–Crippen MR) is 98.6 cm³/mol. The molecule has 0 aliphatic rings. The van der Waals surface area contributed by atoms with Gasteiger partial charge in [0.05, 0.1) is 5.75 Å². The van der Waals surface area contributed by atoms with Gasteiger partial charge in [-0.25, -0.2) is 0 Å². The van der Waals surface area contributed by atoms with E-state index in [9.17, 15) is 4.79 Å². The van der Waals surface area contributed by atoms with Gasteiger partial charge < -0.3 is 4.90 Å². The summed E-state index contributed by atoms with van der Waals surface area (Å²) in [5.41, 5.74) is 2.31. The first-order valence-electron chi connectivity index (χ1n) is 8.25. The van der Waals surface area contributed by atoms with Crippen molar-refractivity contribution in [2.45, 2.75) is 38.8 Å². The van der Waals surface area contributed by atoms with Gasteiger partial charge in [-0.05, 0) is 29.5 Å². The van der Waals surface area contributed by atoms with Crippen molar-refractivity contribution in [1.82, 2.24) is 19.7 Å². The lowest BCUT2D eigenvalue weighted by Gasteiger charge is -2.19. The molecule has 0 N–H and O–H groups in total. The first-order chi connectivity index (χ1) is 11.4. The van der Waals surface area contributed by atoms with Gasteiger partial charge in [-0.2, -0.15) is 0 Å². The molecular weight excluding hydrogens is 320 g/mol. The van der Waals surface area contributed by atoms with Crippen molar-refractivity contribution in [2.24, 2.45) is 5.92 Å². The molecule has 1 heterocycles. The van der Waals surface area contributed by atoms with Crippen molar-refractivity contribution >= 4 is 17.7 Å². The summed E-state index contributed by atoms with van der Waals surface area (Å²) in [5, 5.41) is 8.88. The van der Waals surface area contributed by atoms with Crippen LogP contribution >= 0.6 is 11.8 Å². The Morgan fingerprint density at radius 1 is 1.21 bits per heavy atom. The lowest BCUT2D eigenvalue weighted by Crippen LogP contribution is -2.31. The third-order valence-corrected chi connectivity index (χ3v) is 4.67. The number of aromatic nitrogens is 3. The zero-order chi connectivity index (χ0) is 17.7. The number of hydrogen-bond donors (Lipinski definition) is 0. The third-order valence-electron chi connectivity index (χ3n) is 3.74. The Morgan fingerprint density at radius 2 is 1.88 bits per heavy atom. The molecule has 1 amide bonds. The molecule has 0 atom stereocenters. The SMILES string of the molecule is CC(C)CN(C)C(=O)CSc1nncn1-c1ccc(C(C)C)cc1. The van der Waals surface area contributed by atoms with E-state index in [1.165, 1.54) is 17.3 Å². The molecular formula is C18H26N4OS. The summed E-state index contributed by atoms with van der Waals surface area (Å²) < 4.78 is 1.92. The molecule has 5 nitrogen and oxygen atoms in total. The van der Waals surface area contributed by atoms with Crippen molar-refractivity contribution in [2.75, 3.05) is 19.3 Å². The van der Waals surface area contributed by atoms with E-state index in [1.54, 1.807) is 11.2 Å². The zero-order valence-electron chi connectivity index (χ0n) is 15.1. The number of hydrogen-bond acceptors (Lipinski definition) is 4. The third kappa shape index (κ3) is 4.84. The average Bonchev–Trinajstić information content (AvgIpc) is 3.00. The molecule has 0 aliphatic carbocycles. The van der Waals surface area contributed by atoms with Gasteiger partial charge in [0.2, 0.25) is 5.91 Å². The summed E-state index contributed by atoms with van der Waals surface area (Å²) in [4.78, 5) is 14.0.